The summed E-state index contributed by atoms with van der Waals surface area (Å²) >= 11 is 0. The van der Waals surface area contributed by atoms with Gasteiger partial charge in [-0.05, 0) is 87.6 Å². The van der Waals surface area contributed by atoms with Gasteiger partial charge in [0.1, 0.15) is 0 Å². The van der Waals surface area contributed by atoms with E-state index >= 15 is 0 Å². The number of aryl methyl sites for hydroxylation is 2. The van der Waals surface area contributed by atoms with E-state index in [9.17, 15) is 0 Å². The van der Waals surface area contributed by atoms with E-state index in [0.717, 1.165) is 17.8 Å². The Labute approximate surface area is 171 Å². The van der Waals surface area contributed by atoms with Gasteiger partial charge in [-0.15, -0.1) is 0 Å². The molecule has 3 atom stereocenters. The van der Waals surface area contributed by atoms with Crippen LogP contribution in [0.25, 0.3) is 21.5 Å². The molecule has 0 nitrogen and oxygen atoms in total. The fourth-order valence-corrected chi connectivity index (χ4v) is 5.39. The average Bonchev–Trinajstić information content (AvgIpc) is 3.04. The van der Waals surface area contributed by atoms with Crippen molar-refractivity contribution in [3.63, 3.8) is 0 Å². The third-order valence-electron chi connectivity index (χ3n) is 8.18. The summed E-state index contributed by atoms with van der Waals surface area (Å²) < 4.78 is 0. The van der Waals surface area contributed by atoms with Crippen LogP contribution in [-0.2, 0) is 11.8 Å². The maximum absolute atomic E-state index is 2.53. The zero-order valence-corrected chi connectivity index (χ0v) is 18.6. The molecular weight excluding hydrogens is 336 g/mol. The Morgan fingerprint density at radius 2 is 1.50 bits per heavy atom. The third-order valence-corrected chi connectivity index (χ3v) is 8.18. The second-order valence-electron chi connectivity index (χ2n) is 10.0. The van der Waals surface area contributed by atoms with Gasteiger partial charge >= 0.3 is 0 Å². The lowest BCUT2D eigenvalue weighted by molar-refractivity contribution is 0.260. The lowest BCUT2D eigenvalue weighted by atomic mass is 9.70. The molecule has 148 valence electrons. The standard InChI is InChI=1S/C28H36/c1-18(2)19(3)10-11-21(5)28(6)17-16-26-25-13-12-22-20(4)8-7-9-23(22)24(25)14-15-27(26)28/h7-9,12-15,18-19,21H,10-11,16-17H2,1-6H3/t19?,21-,28+/m1/s1. The summed E-state index contributed by atoms with van der Waals surface area (Å²) in [4.78, 5) is 0. The summed E-state index contributed by atoms with van der Waals surface area (Å²) in [5.74, 6) is 2.34. The van der Waals surface area contributed by atoms with E-state index in [-0.39, 0.29) is 0 Å². The second kappa shape index (κ2) is 7.21. The van der Waals surface area contributed by atoms with E-state index in [1.54, 1.807) is 11.1 Å². The zero-order valence-electron chi connectivity index (χ0n) is 18.6. The van der Waals surface area contributed by atoms with Crippen molar-refractivity contribution in [1.82, 2.24) is 0 Å². The van der Waals surface area contributed by atoms with Crippen molar-refractivity contribution < 1.29 is 0 Å². The van der Waals surface area contributed by atoms with Crippen molar-refractivity contribution in [2.45, 2.75) is 72.6 Å². The van der Waals surface area contributed by atoms with Gasteiger partial charge in [0.05, 0.1) is 0 Å². The number of rotatable bonds is 5. The Kier molecular flexibility index (Phi) is 5.02. The molecule has 28 heavy (non-hydrogen) atoms. The Morgan fingerprint density at radius 3 is 2.25 bits per heavy atom. The minimum absolute atomic E-state index is 0.321. The van der Waals surface area contributed by atoms with Crippen LogP contribution in [-0.4, -0.2) is 0 Å². The van der Waals surface area contributed by atoms with Crippen LogP contribution < -0.4 is 0 Å². The third kappa shape index (κ3) is 3.06. The molecule has 0 radical (unpaired) electrons. The molecule has 1 aliphatic carbocycles. The van der Waals surface area contributed by atoms with Crippen LogP contribution in [0.4, 0.5) is 0 Å². The van der Waals surface area contributed by atoms with Gasteiger partial charge in [-0.1, -0.05) is 83.5 Å². The van der Waals surface area contributed by atoms with E-state index in [0.29, 0.717) is 5.41 Å². The summed E-state index contributed by atoms with van der Waals surface area (Å²) in [6.07, 6.45) is 5.21. The lowest BCUT2D eigenvalue weighted by Gasteiger charge is -2.34. The first-order valence-corrected chi connectivity index (χ1v) is 11.3. The highest BCUT2D eigenvalue weighted by Gasteiger charge is 2.39. The van der Waals surface area contributed by atoms with E-state index in [4.69, 9.17) is 0 Å². The molecule has 1 unspecified atom stereocenters. The summed E-state index contributed by atoms with van der Waals surface area (Å²) in [5, 5.41) is 5.73. The minimum atomic E-state index is 0.321. The molecule has 3 aromatic rings. The van der Waals surface area contributed by atoms with Gasteiger partial charge in [-0.25, -0.2) is 0 Å². The molecule has 0 N–H and O–H groups in total. The molecule has 0 aromatic heterocycles. The number of hydrogen-bond acceptors (Lipinski definition) is 0. The molecule has 0 heterocycles. The maximum atomic E-state index is 2.53. The van der Waals surface area contributed by atoms with Crippen LogP contribution in [0.15, 0.2) is 42.5 Å². The second-order valence-corrected chi connectivity index (χ2v) is 10.0. The van der Waals surface area contributed by atoms with Crippen molar-refractivity contribution in [2.24, 2.45) is 17.8 Å². The first-order valence-electron chi connectivity index (χ1n) is 11.3. The summed E-state index contributed by atoms with van der Waals surface area (Å²) in [5.41, 5.74) is 4.93. The highest BCUT2D eigenvalue weighted by molar-refractivity contribution is 6.09. The largest absolute Gasteiger partial charge is 0.0625 e. The van der Waals surface area contributed by atoms with Gasteiger partial charge in [0.15, 0.2) is 0 Å². The molecule has 0 heteroatoms. The van der Waals surface area contributed by atoms with Crippen LogP contribution in [0, 0.1) is 24.7 Å². The highest BCUT2D eigenvalue weighted by atomic mass is 14.4. The minimum Gasteiger partial charge on any atom is -0.0625 e. The maximum Gasteiger partial charge on any atom is -0.00435 e. The molecule has 0 spiro atoms. The Balaban J connectivity index is 1.73. The van der Waals surface area contributed by atoms with E-state index in [2.05, 4.69) is 84.0 Å². The molecular formula is C28H36. The van der Waals surface area contributed by atoms with Crippen molar-refractivity contribution >= 4 is 21.5 Å². The van der Waals surface area contributed by atoms with Gasteiger partial charge in [0.2, 0.25) is 0 Å². The fraction of sp³-hybridized carbons (Fsp3) is 0.500. The highest BCUT2D eigenvalue weighted by Crippen LogP contribution is 2.48. The molecule has 0 fully saturated rings. The predicted molar refractivity (Wildman–Crippen MR) is 124 cm³/mol. The van der Waals surface area contributed by atoms with Gasteiger partial charge in [0, 0.05) is 0 Å². The van der Waals surface area contributed by atoms with Crippen LogP contribution in [0.1, 0.15) is 70.6 Å². The van der Waals surface area contributed by atoms with E-state index in [1.807, 2.05) is 0 Å². The van der Waals surface area contributed by atoms with Gasteiger partial charge in [-0.2, -0.15) is 0 Å². The van der Waals surface area contributed by atoms with E-state index < -0.39 is 0 Å². The van der Waals surface area contributed by atoms with Crippen LogP contribution >= 0.6 is 0 Å². The predicted octanol–water partition coefficient (Wildman–Crippen LogP) is 8.21. The monoisotopic (exact) mass is 372 g/mol. The van der Waals surface area contributed by atoms with Gasteiger partial charge in [-0.3, -0.25) is 0 Å². The number of hydrogen-bond donors (Lipinski definition) is 0. The number of benzene rings is 3. The molecule has 0 aliphatic heterocycles. The normalized spacial score (nSPS) is 21.4. The topological polar surface area (TPSA) is 0 Å². The lowest BCUT2D eigenvalue weighted by Crippen LogP contribution is -2.28. The SMILES string of the molecule is Cc1cccc2c1ccc1c3c(ccc12)[C@](C)([C@H](C)CCC(C)C(C)C)CC3. The molecule has 0 bridgehead atoms. The molecule has 4 rings (SSSR count). The van der Waals surface area contributed by atoms with Crippen molar-refractivity contribution in [3.05, 3.63) is 59.2 Å². The molecule has 0 amide bonds. The smallest absolute Gasteiger partial charge is 0.00435 e. The Bertz CT molecular complexity index is 1010. The molecule has 3 aromatic carbocycles. The van der Waals surface area contributed by atoms with Crippen molar-refractivity contribution in [1.29, 1.82) is 0 Å². The quantitative estimate of drug-likeness (QED) is 0.396. The summed E-state index contributed by atoms with van der Waals surface area (Å²) in [7, 11) is 0. The Morgan fingerprint density at radius 1 is 0.821 bits per heavy atom. The summed E-state index contributed by atoms with van der Waals surface area (Å²) in [6, 6.07) is 16.3. The summed E-state index contributed by atoms with van der Waals surface area (Å²) in [6.45, 7) is 14.4. The van der Waals surface area contributed by atoms with Crippen LogP contribution in [0.5, 0.6) is 0 Å². The Hall–Kier alpha value is -1.82. The molecule has 0 saturated heterocycles. The van der Waals surface area contributed by atoms with Crippen LogP contribution in [0.3, 0.4) is 0 Å². The van der Waals surface area contributed by atoms with Crippen molar-refractivity contribution in [2.75, 3.05) is 0 Å². The fourth-order valence-electron chi connectivity index (χ4n) is 5.39. The molecule has 0 saturated carbocycles. The first kappa shape index (κ1) is 19.5. The first-order chi connectivity index (χ1) is 13.3. The zero-order chi connectivity index (χ0) is 20.1. The van der Waals surface area contributed by atoms with E-state index in [1.165, 1.54) is 52.8 Å². The van der Waals surface area contributed by atoms with Crippen molar-refractivity contribution in [3.8, 4) is 0 Å². The van der Waals surface area contributed by atoms with Gasteiger partial charge < -0.3 is 0 Å². The number of fused-ring (bicyclic) bond motifs is 5. The van der Waals surface area contributed by atoms with Gasteiger partial charge in [0.25, 0.3) is 0 Å². The van der Waals surface area contributed by atoms with Crippen LogP contribution in [0.2, 0.25) is 0 Å². The molecule has 1 aliphatic rings. The average molecular weight is 373 g/mol.